The second-order valence-electron chi connectivity index (χ2n) is 6.19. The molecule has 0 aliphatic heterocycles. The molecule has 0 saturated heterocycles. The Kier molecular flexibility index (Phi) is 3.52. The van der Waals surface area contributed by atoms with E-state index in [1.54, 1.807) is 13.0 Å². The summed E-state index contributed by atoms with van der Waals surface area (Å²) in [7, 11) is 0. The standard InChI is InChI=1S/C18H14F3N3O/c1-9-10(3-2-4-13(9)19)12-7-24-8-16(22-17(24)6-15(12)21)23-18(25)11-5-14(11)20/h2-4,6-8,11,14H,5H2,1H3,(H,23,25). The van der Waals surface area contributed by atoms with Gasteiger partial charge in [0, 0.05) is 17.8 Å². The van der Waals surface area contributed by atoms with Gasteiger partial charge in [-0.3, -0.25) is 4.79 Å². The second-order valence-corrected chi connectivity index (χ2v) is 6.19. The van der Waals surface area contributed by atoms with E-state index in [1.807, 2.05) is 0 Å². The predicted molar refractivity (Wildman–Crippen MR) is 86.9 cm³/mol. The van der Waals surface area contributed by atoms with E-state index in [0.29, 0.717) is 16.8 Å². The van der Waals surface area contributed by atoms with Crippen molar-refractivity contribution in [2.24, 2.45) is 5.92 Å². The van der Waals surface area contributed by atoms with Crippen LogP contribution in [0.15, 0.2) is 36.7 Å². The van der Waals surface area contributed by atoms with Gasteiger partial charge in [-0.1, -0.05) is 12.1 Å². The van der Waals surface area contributed by atoms with E-state index in [9.17, 15) is 18.0 Å². The minimum Gasteiger partial charge on any atom is -0.309 e. The normalized spacial score (nSPS) is 19.2. The number of alkyl halides is 1. The van der Waals surface area contributed by atoms with Crippen LogP contribution in [0.2, 0.25) is 0 Å². The molecule has 0 radical (unpaired) electrons. The zero-order valence-corrected chi connectivity index (χ0v) is 13.3. The lowest BCUT2D eigenvalue weighted by molar-refractivity contribution is -0.117. The van der Waals surface area contributed by atoms with Crippen molar-refractivity contribution < 1.29 is 18.0 Å². The molecule has 25 heavy (non-hydrogen) atoms. The maximum Gasteiger partial charge on any atom is 0.231 e. The van der Waals surface area contributed by atoms with Crippen molar-refractivity contribution in [2.45, 2.75) is 19.5 Å². The first-order chi connectivity index (χ1) is 11.9. The summed E-state index contributed by atoms with van der Waals surface area (Å²) in [6.45, 7) is 1.58. The van der Waals surface area contributed by atoms with E-state index >= 15 is 0 Å². The number of halogens is 3. The van der Waals surface area contributed by atoms with Crippen LogP contribution in [-0.2, 0) is 4.79 Å². The van der Waals surface area contributed by atoms with Crippen molar-refractivity contribution in [3.8, 4) is 11.1 Å². The molecule has 1 aromatic carbocycles. The van der Waals surface area contributed by atoms with Crippen LogP contribution in [0, 0.1) is 24.5 Å². The van der Waals surface area contributed by atoms with E-state index in [2.05, 4.69) is 10.3 Å². The number of benzene rings is 1. The van der Waals surface area contributed by atoms with Crippen molar-refractivity contribution in [1.29, 1.82) is 0 Å². The second kappa shape index (κ2) is 5.61. The van der Waals surface area contributed by atoms with E-state index in [4.69, 9.17) is 0 Å². The molecule has 1 amide bonds. The molecule has 0 bridgehead atoms. The Morgan fingerprint density at radius 1 is 1.24 bits per heavy atom. The Morgan fingerprint density at radius 2 is 2.00 bits per heavy atom. The van der Waals surface area contributed by atoms with Gasteiger partial charge in [0.2, 0.25) is 5.91 Å². The van der Waals surface area contributed by atoms with Crippen LogP contribution in [0.4, 0.5) is 19.0 Å². The fourth-order valence-electron chi connectivity index (χ4n) is 2.82. The number of hydrogen-bond donors (Lipinski definition) is 1. The molecule has 1 fully saturated rings. The maximum absolute atomic E-state index is 14.5. The molecule has 4 rings (SSSR count). The number of aromatic nitrogens is 2. The third-order valence-corrected chi connectivity index (χ3v) is 4.40. The van der Waals surface area contributed by atoms with E-state index in [1.165, 1.54) is 35.0 Å². The minimum atomic E-state index is -1.10. The smallest absolute Gasteiger partial charge is 0.231 e. The van der Waals surface area contributed by atoms with Crippen LogP contribution in [-0.4, -0.2) is 21.5 Å². The molecule has 2 atom stereocenters. The number of anilines is 1. The quantitative estimate of drug-likeness (QED) is 0.783. The number of amides is 1. The number of carbonyl (C=O) groups excluding carboxylic acids is 1. The molecule has 0 spiro atoms. The number of nitrogens with one attached hydrogen (secondary N) is 1. The molecule has 3 aromatic rings. The van der Waals surface area contributed by atoms with Gasteiger partial charge in [-0.15, -0.1) is 0 Å². The van der Waals surface area contributed by atoms with Crippen LogP contribution in [0.5, 0.6) is 0 Å². The molecule has 2 heterocycles. The lowest BCUT2D eigenvalue weighted by Gasteiger charge is -2.08. The van der Waals surface area contributed by atoms with Crippen molar-refractivity contribution in [3.05, 3.63) is 53.9 Å². The first-order valence-corrected chi connectivity index (χ1v) is 7.82. The summed E-state index contributed by atoms with van der Waals surface area (Å²) in [5.41, 5.74) is 1.30. The highest BCUT2D eigenvalue weighted by Crippen LogP contribution is 2.35. The van der Waals surface area contributed by atoms with Gasteiger partial charge < -0.3 is 9.72 Å². The highest BCUT2D eigenvalue weighted by Gasteiger charge is 2.43. The molecule has 2 unspecified atom stereocenters. The summed E-state index contributed by atoms with van der Waals surface area (Å²) in [6.07, 6.45) is 2.12. The van der Waals surface area contributed by atoms with Crippen LogP contribution >= 0.6 is 0 Å². The summed E-state index contributed by atoms with van der Waals surface area (Å²) in [6, 6.07) is 5.68. The van der Waals surface area contributed by atoms with Crippen LogP contribution in [0.1, 0.15) is 12.0 Å². The average molecular weight is 345 g/mol. The van der Waals surface area contributed by atoms with Crippen molar-refractivity contribution in [3.63, 3.8) is 0 Å². The average Bonchev–Trinajstić information content (AvgIpc) is 3.17. The van der Waals surface area contributed by atoms with Crippen LogP contribution < -0.4 is 5.32 Å². The van der Waals surface area contributed by atoms with Gasteiger partial charge in [0.1, 0.15) is 23.5 Å². The van der Waals surface area contributed by atoms with Crippen molar-refractivity contribution >= 4 is 17.4 Å². The van der Waals surface area contributed by atoms with Gasteiger partial charge in [0.25, 0.3) is 0 Å². The molecule has 4 nitrogen and oxygen atoms in total. The SMILES string of the molecule is Cc1c(F)cccc1-c1cn2cc(NC(=O)C3CC3F)nc2cc1F. The fourth-order valence-corrected chi connectivity index (χ4v) is 2.82. The summed E-state index contributed by atoms with van der Waals surface area (Å²) in [4.78, 5) is 15.9. The third-order valence-electron chi connectivity index (χ3n) is 4.40. The van der Waals surface area contributed by atoms with Crippen molar-refractivity contribution in [1.82, 2.24) is 9.38 Å². The predicted octanol–water partition coefficient (Wildman–Crippen LogP) is 3.88. The van der Waals surface area contributed by atoms with Gasteiger partial charge in [0.05, 0.1) is 12.1 Å². The first kappa shape index (κ1) is 15.7. The van der Waals surface area contributed by atoms with Gasteiger partial charge >= 0.3 is 0 Å². The fraction of sp³-hybridized carbons (Fsp3) is 0.222. The molecule has 2 aromatic heterocycles. The zero-order valence-electron chi connectivity index (χ0n) is 13.3. The molecule has 7 heteroatoms. The zero-order chi connectivity index (χ0) is 17.7. The number of nitrogens with zero attached hydrogens (tertiary/aromatic N) is 2. The molecular weight excluding hydrogens is 331 g/mol. The first-order valence-electron chi connectivity index (χ1n) is 7.82. The molecule has 1 N–H and O–H groups in total. The van der Waals surface area contributed by atoms with Crippen LogP contribution in [0.25, 0.3) is 16.8 Å². The number of imidazole rings is 1. The topological polar surface area (TPSA) is 46.4 Å². The number of rotatable bonds is 3. The van der Waals surface area contributed by atoms with E-state index in [0.717, 1.165) is 0 Å². The molecule has 128 valence electrons. The Labute approximate surface area is 141 Å². The number of hydrogen-bond acceptors (Lipinski definition) is 2. The van der Waals surface area contributed by atoms with Crippen molar-refractivity contribution in [2.75, 3.05) is 5.32 Å². The summed E-state index contributed by atoms with van der Waals surface area (Å²) in [5, 5.41) is 2.53. The Morgan fingerprint density at radius 3 is 2.72 bits per heavy atom. The van der Waals surface area contributed by atoms with E-state index in [-0.39, 0.29) is 17.8 Å². The Balaban J connectivity index is 1.72. The van der Waals surface area contributed by atoms with Gasteiger partial charge in [0.15, 0.2) is 5.82 Å². The summed E-state index contributed by atoms with van der Waals surface area (Å²) < 4.78 is 42.7. The maximum atomic E-state index is 14.5. The Bertz CT molecular complexity index is 999. The van der Waals surface area contributed by atoms with Gasteiger partial charge in [-0.25, -0.2) is 18.2 Å². The number of carbonyl (C=O) groups is 1. The minimum absolute atomic E-state index is 0.219. The number of fused-ring (bicyclic) bond motifs is 1. The monoisotopic (exact) mass is 345 g/mol. The summed E-state index contributed by atoms with van der Waals surface area (Å²) >= 11 is 0. The lowest BCUT2D eigenvalue weighted by Crippen LogP contribution is -2.15. The van der Waals surface area contributed by atoms with Crippen LogP contribution in [0.3, 0.4) is 0 Å². The van der Waals surface area contributed by atoms with Gasteiger partial charge in [-0.05, 0) is 30.5 Å². The molecule has 1 aliphatic carbocycles. The third kappa shape index (κ3) is 2.75. The molecule has 1 aliphatic rings. The largest absolute Gasteiger partial charge is 0.309 e. The highest BCUT2D eigenvalue weighted by atomic mass is 19.1. The molecular formula is C18H14F3N3O. The lowest BCUT2D eigenvalue weighted by atomic mass is 10.0. The number of pyridine rings is 1. The van der Waals surface area contributed by atoms with Gasteiger partial charge in [-0.2, -0.15) is 0 Å². The van der Waals surface area contributed by atoms with E-state index < -0.39 is 29.6 Å². The Hall–Kier alpha value is -2.83. The highest BCUT2D eigenvalue weighted by molar-refractivity contribution is 5.94. The molecule has 1 saturated carbocycles. The summed E-state index contributed by atoms with van der Waals surface area (Å²) in [5.74, 6) is -1.81.